The molecule has 4 aromatic rings. The molecule has 5 N–H and O–H groups in total. The summed E-state index contributed by atoms with van der Waals surface area (Å²) in [4.78, 5) is 25.1. The summed E-state index contributed by atoms with van der Waals surface area (Å²) in [7, 11) is 0. The van der Waals surface area contributed by atoms with Crippen LogP contribution in [0.3, 0.4) is 0 Å². The minimum absolute atomic E-state index is 0.0525. The van der Waals surface area contributed by atoms with Crippen LogP contribution in [0.1, 0.15) is 17.5 Å². The molecule has 1 aromatic carbocycles. The highest BCUT2D eigenvalue weighted by atomic mass is 16.5. The van der Waals surface area contributed by atoms with E-state index in [0.29, 0.717) is 37.2 Å². The second-order valence-corrected chi connectivity index (χ2v) is 9.22. The van der Waals surface area contributed by atoms with Gasteiger partial charge in [-0.1, -0.05) is 30.4 Å². The number of nitrogens with two attached hydrogens (primary N) is 1. The summed E-state index contributed by atoms with van der Waals surface area (Å²) in [6.07, 6.45) is 9.20. The lowest BCUT2D eigenvalue weighted by atomic mass is 9.97. The molecule has 4 bridgehead atoms. The predicted octanol–water partition coefficient (Wildman–Crippen LogP) is 0.995. The number of carbonyl (C=O) groups excluding carboxylic acids is 1. The number of hydrogen-bond donors (Lipinski definition) is 4. The number of benzene rings is 1. The largest absolute Gasteiger partial charge is 0.480 e. The van der Waals surface area contributed by atoms with Gasteiger partial charge in [0.25, 0.3) is 6.01 Å². The van der Waals surface area contributed by atoms with E-state index in [1.54, 1.807) is 15.4 Å². The summed E-state index contributed by atoms with van der Waals surface area (Å²) in [6, 6.07) is 6.30. The quantitative estimate of drug-likeness (QED) is 0.299. The minimum atomic E-state index is -0.192. The third kappa shape index (κ3) is 4.70. The van der Waals surface area contributed by atoms with Crippen molar-refractivity contribution < 1.29 is 14.6 Å². The normalized spacial score (nSPS) is 16.6. The lowest BCUT2D eigenvalue weighted by Crippen LogP contribution is -2.57. The number of nitrogen functional groups attached to an aromatic ring is 1. The van der Waals surface area contributed by atoms with Crippen LogP contribution in [-0.4, -0.2) is 66.1 Å². The van der Waals surface area contributed by atoms with Gasteiger partial charge in [-0.05, 0) is 29.5 Å². The summed E-state index contributed by atoms with van der Waals surface area (Å²) in [6.45, 7) is 2.51. The maximum absolute atomic E-state index is 12.3. The fraction of sp³-hybridized carbons (Fsp3) is 0.320. The lowest BCUT2D eigenvalue weighted by molar-refractivity contribution is -0.122. The molecule has 0 atom stereocenters. The van der Waals surface area contributed by atoms with Crippen LogP contribution in [0.4, 0.5) is 5.82 Å². The Morgan fingerprint density at radius 2 is 2.14 bits per heavy atom. The second kappa shape index (κ2) is 9.54. The molecule has 1 saturated heterocycles. The number of rotatable bonds is 4. The number of hydrogen-bond acceptors (Lipinski definition) is 9. The van der Waals surface area contributed by atoms with Gasteiger partial charge < -0.3 is 26.2 Å². The van der Waals surface area contributed by atoms with E-state index in [4.69, 9.17) is 10.5 Å². The van der Waals surface area contributed by atoms with Gasteiger partial charge in [-0.2, -0.15) is 20.1 Å². The highest BCUT2D eigenvalue weighted by Gasteiger charge is 2.20. The van der Waals surface area contributed by atoms with E-state index in [9.17, 15) is 9.90 Å². The molecule has 5 heterocycles. The van der Waals surface area contributed by atoms with Crippen LogP contribution in [0.15, 0.2) is 42.7 Å². The van der Waals surface area contributed by atoms with Gasteiger partial charge in [0.2, 0.25) is 5.91 Å². The Bertz CT molecular complexity index is 1500. The monoisotopic (exact) mass is 501 g/mol. The first-order valence-electron chi connectivity index (χ1n) is 12.2. The number of aromatic hydroxyl groups is 1. The van der Waals surface area contributed by atoms with Crippen molar-refractivity contribution in [2.75, 3.05) is 25.4 Å². The third-order valence-corrected chi connectivity index (χ3v) is 6.51. The molecule has 0 spiro atoms. The standard InChI is InChI=1S/C25H27N9O3/c26-22-21-23-32-24(31-22)37-7-3-1-2-4-16-8-15(12-34(23)25(36)30-21)5-6-19(16)17-9-28-33(13-17)14-20(35)29-18-10-27-11-18/h1-2,5-6,8-9,13,18,27H,3-4,7,10-12,14H2,(H,29,35)(H,30,36)(H2,26,31,32)/b2-1+. The molecule has 6 rings (SSSR count). The van der Waals surface area contributed by atoms with Gasteiger partial charge in [0.15, 0.2) is 17.0 Å². The van der Waals surface area contributed by atoms with Crippen LogP contribution in [0.5, 0.6) is 12.0 Å². The summed E-state index contributed by atoms with van der Waals surface area (Å²) < 4.78 is 8.94. The number of amides is 1. The summed E-state index contributed by atoms with van der Waals surface area (Å²) in [5.74, 6) is 0.103. The van der Waals surface area contributed by atoms with Gasteiger partial charge in [-0.25, -0.2) is 0 Å². The van der Waals surface area contributed by atoms with E-state index in [0.717, 1.165) is 35.3 Å². The second-order valence-electron chi connectivity index (χ2n) is 9.22. The van der Waals surface area contributed by atoms with Crippen molar-refractivity contribution >= 4 is 22.9 Å². The zero-order chi connectivity index (χ0) is 25.4. The molecule has 0 unspecified atom stereocenters. The van der Waals surface area contributed by atoms with Gasteiger partial charge in [-0.15, -0.1) is 0 Å². The fourth-order valence-corrected chi connectivity index (χ4v) is 4.52. The molecule has 2 aliphatic rings. The van der Waals surface area contributed by atoms with Crippen molar-refractivity contribution in [3.05, 3.63) is 53.9 Å². The van der Waals surface area contributed by atoms with Gasteiger partial charge in [0.1, 0.15) is 6.54 Å². The van der Waals surface area contributed by atoms with Crippen LogP contribution in [0.2, 0.25) is 0 Å². The number of nitrogens with zero attached hydrogens (tertiary/aromatic N) is 6. The molecule has 1 amide bonds. The summed E-state index contributed by atoms with van der Waals surface area (Å²) in [5, 5.41) is 21.1. The Hall–Kier alpha value is -4.45. The molecule has 190 valence electrons. The van der Waals surface area contributed by atoms with E-state index in [2.05, 4.69) is 48.9 Å². The Balaban J connectivity index is 1.31. The Kier molecular flexibility index (Phi) is 5.93. The first-order valence-corrected chi connectivity index (χ1v) is 12.2. The first kappa shape index (κ1) is 23.0. The molecule has 3 aromatic heterocycles. The van der Waals surface area contributed by atoms with Crippen molar-refractivity contribution in [3.8, 4) is 23.1 Å². The Morgan fingerprint density at radius 3 is 2.97 bits per heavy atom. The molecule has 0 saturated carbocycles. The van der Waals surface area contributed by atoms with E-state index < -0.39 is 0 Å². The average Bonchev–Trinajstić information content (AvgIpc) is 3.43. The maximum atomic E-state index is 12.3. The number of aromatic nitrogens is 6. The Morgan fingerprint density at radius 1 is 1.24 bits per heavy atom. The zero-order valence-corrected chi connectivity index (χ0v) is 20.1. The average molecular weight is 502 g/mol. The van der Waals surface area contributed by atoms with Gasteiger partial charge in [0.05, 0.1) is 25.4 Å². The highest BCUT2D eigenvalue weighted by molar-refractivity contribution is 5.83. The van der Waals surface area contributed by atoms with Crippen LogP contribution in [0.25, 0.3) is 22.3 Å². The molecule has 0 radical (unpaired) electrons. The predicted molar refractivity (Wildman–Crippen MR) is 136 cm³/mol. The molecule has 12 heteroatoms. The molecule has 2 aliphatic heterocycles. The minimum Gasteiger partial charge on any atom is -0.480 e. The Labute approximate surface area is 212 Å². The fourth-order valence-electron chi connectivity index (χ4n) is 4.52. The maximum Gasteiger partial charge on any atom is 0.320 e. The van der Waals surface area contributed by atoms with Crippen molar-refractivity contribution in [3.63, 3.8) is 0 Å². The summed E-state index contributed by atoms with van der Waals surface area (Å²) in [5.41, 5.74) is 10.8. The van der Waals surface area contributed by atoms with E-state index >= 15 is 0 Å². The topological polar surface area (TPSA) is 158 Å². The molecule has 12 nitrogen and oxygen atoms in total. The van der Waals surface area contributed by atoms with E-state index in [1.165, 1.54) is 0 Å². The van der Waals surface area contributed by atoms with Crippen molar-refractivity contribution in [2.24, 2.45) is 0 Å². The SMILES string of the molecule is Nc1nc2nc3c1nc(O)n3Cc1ccc(-c3cnn(CC(=O)NC4CNC4)c3)c(c1)C/C=C/CCO2. The van der Waals surface area contributed by atoms with Crippen LogP contribution in [-0.2, 0) is 24.3 Å². The van der Waals surface area contributed by atoms with Gasteiger partial charge in [0, 0.05) is 24.8 Å². The van der Waals surface area contributed by atoms with E-state index in [1.807, 2.05) is 18.3 Å². The smallest absolute Gasteiger partial charge is 0.320 e. The van der Waals surface area contributed by atoms with Crippen LogP contribution < -0.4 is 21.1 Å². The van der Waals surface area contributed by atoms with Crippen LogP contribution in [0, 0.1) is 0 Å². The third-order valence-electron chi connectivity index (χ3n) is 6.51. The van der Waals surface area contributed by atoms with E-state index in [-0.39, 0.29) is 36.3 Å². The molecule has 1 fully saturated rings. The van der Waals surface area contributed by atoms with Crippen molar-refractivity contribution in [2.45, 2.75) is 32.0 Å². The first-order chi connectivity index (χ1) is 18.0. The molecule has 37 heavy (non-hydrogen) atoms. The summed E-state index contributed by atoms with van der Waals surface area (Å²) >= 11 is 0. The lowest BCUT2D eigenvalue weighted by Gasteiger charge is -2.27. The number of carbonyl (C=O) groups is 1. The number of nitrogens with one attached hydrogen (secondary N) is 2. The van der Waals surface area contributed by atoms with Crippen molar-refractivity contribution in [1.29, 1.82) is 0 Å². The number of imidazole rings is 1. The van der Waals surface area contributed by atoms with Crippen LogP contribution >= 0.6 is 0 Å². The van der Waals surface area contributed by atoms with Gasteiger partial charge >= 0.3 is 6.01 Å². The molecular weight excluding hydrogens is 474 g/mol. The zero-order valence-electron chi connectivity index (χ0n) is 20.1. The number of ether oxygens (including phenoxy) is 1. The number of anilines is 1. The number of fused-ring (bicyclic) bond motifs is 3. The molecule has 0 aliphatic carbocycles. The number of allylic oxidation sites excluding steroid dienone is 1. The van der Waals surface area contributed by atoms with Crippen molar-refractivity contribution in [1.82, 2.24) is 39.9 Å². The molecular formula is C25H27N9O3. The highest BCUT2D eigenvalue weighted by Crippen LogP contribution is 2.29. The van der Waals surface area contributed by atoms with Gasteiger partial charge in [-0.3, -0.25) is 14.0 Å².